The van der Waals surface area contributed by atoms with E-state index in [0.717, 1.165) is 35.3 Å². The van der Waals surface area contributed by atoms with Crippen LogP contribution in [0.25, 0.3) is 22.3 Å². The summed E-state index contributed by atoms with van der Waals surface area (Å²) in [6, 6.07) is 11.9. The third-order valence-electron chi connectivity index (χ3n) is 4.26. The van der Waals surface area contributed by atoms with E-state index in [0.29, 0.717) is 12.1 Å². The molecule has 0 saturated carbocycles. The number of nitrogens with zero attached hydrogens (tertiary/aromatic N) is 3. The summed E-state index contributed by atoms with van der Waals surface area (Å²) in [5.74, 6) is -0.0889. The first-order valence-corrected chi connectivity index (χ1v) is 8.98. The zero-order valence-electron chi connectivity index (χ0n) is 15.5. The molecule has 136 valence electrons. The fourth-order valence-electron chi connectivity index (χ4n) is 2.90. The summed E-state index contributed by atoms with van der Waals surface area (Å²) < 4.78 is 1.86. The number of hydrogen-bond acceptors (Lipinski definition) is 4. The Morgan fingerprint density at radius 3 is 2.65 bits per heavy atom. The third kappa shape index (κ3) is 3.75. The summed E-state index contributed by atoms with van der Waals surface area (Å²) in [4.78, 5) is 17.6. The van der Waals surface area contributed by atoms with E-state index in [1.807, 2.05) is 48.1 Å². The number of nitrogens with one attached hydrogen (secondary N) is 2. The van der Waals surface area contributed by atoms with Crippen molar-refractivity contribution in [3.8, 4) is 11.3 Å². The molecule has 0 unspecified atom stereocenters. The number of rotatable bonds is 7. The van der Waals surface area contributed by atoms with E-state index < -0.39 is 0 Å². The van der Waals surface area contributed by atoms with Gasteiger partial charge < -0.3 is 10.6 Å². The Morgan fingerprint density at radius 2 is 1.96 bits per heavy atom. The Labute approximate surface area is 153 Å². The highest BCUT2D eigenvalue weighted by Crippen LogP contribution is 2.26. The van der Waals surface area contributed by atoms with Gasteiger partial charge in [0.05, 0.1) is 22.8 Å². The minimum absolute atomic E-state index is 0.0889. The normalized spacial score (nSPS) is 11.2. The van der Waals surface area contributed by atoms with Crippen LogP contribution in [0.3, 0.4) is 0 Å². The van der Waals surface area contributed by atoms with Crippen LogP contribution in [-0.2, 0) is 0 Å². The van der Waals surface area contributed by atoms with Crippen LogP contribution in [0, 0.1) is 0 Å². The zero-order valence-corrected chi connectivity index (χ0v) is 15.5. The van der Waals surface area contributed by atoms with Gasteiger partial charge in [0, 0.05) is 18.2 Å². The Balaban J connectivity index is 2.04. The van der Waals surface area contributed by atoms with Gasteiger partial charge in [-0.15, -0.1) is 0 Å². The predicted molar refractivity (Wildman–Crippen MR) is 104 cm³/mol. The second-order valence-corrected chi connectivity index (χ2v) is 6.55. The second kappa shape index (κ2) is 8.10. The average Bonchev–Trinajstić information content (AvgIpc) is 3.09. The number of aromatic nitrogens is 3. The number of benzene rings is 1. The molecule has 1 aromatic carbocycles. The van der Waals surface area contributed by atoms with Crippen LogP contribution in [-0.4, -0.2) is 40.8 Å². The van der Waals surface area contributed by atoms with Crippen LogP contribution in [0.15, 0.2) is 42.6 Å². The minimum atomic E-state index is -0.0889. The van der Waals surface area contributed by atoms with Crippen molar-refractivity contribution in [2.24, 2.45) is 0 Å². The molecule has 2 aromatic heterocycles. The number of carbonyl (C=O) groups is 1. The third-order valence-corrected chi connectivity index (χ3v) is 4.26. The number of hydrogen-bond donors (Lipinski definition) is 2. The number of pyridine rings is 1. The van der Waals surface area contributed by atoms with Crippen LogP contribution in [0.2, 0.25) is 0 Å². The average molecular weight is 351 g/mol. The molecule has 6 nitrogen and oxygen atoms in total. The van der Waals surface area contributed by atoms with Crippen molar-refractivity contribution in [3.05, 3.63) is 48.2 Å². The summed E-state index contributed by atoms with van der Waals surface area (Å²) in [6.07, 6.45) is 2.62. The van der Waals surface area contributed by atoms with Crippen molar-refractivity contribution in [3.63, 3.8) is 0 Å². The standard InChI is InChI=1S/C20H25N5O/c1-14(2)25-19-17(13-23-25)16(20(26)22-11-7-10-21-3)12-18(24-19)15-8-5-4-6-9-15/h4-6,8-9,12-14,21H,7,10-11H2,1-3H3,(H,22,26). The van der Waals surface area contributed by atoms with Crippen LogP contribution in [0.4, 0.5) is 0 Å². The monoisotopic (exact) mass is 351 g/mol. The summed E-state index contributed by atoms with van der Waals surface area (Å²) in [5.41, 5.74) is 3.11. The molecule has 26 heavy (non-hydrogen) atoms. The smallest absolute Gasteiger partial charge is 0.252 e. The highest BCUT2D eigenvalue weighted by atomic mass is 16.1. The molecule has 2 N–H and O–H groups in total. The molecule has 3 aromatic rings. The van der Waals surface area contributed by atoms with E-state index in [4.69, 9.17) is 4.98 Å². The van der Waals surface area contributed by atoms with Gasteiger partial charge in [-0.2, -0.15) is 5.10 Å². The van der Waals surface area contributed by atoms with E-state index in [2.05, 4.69) is 29.6 Å². The molecule has 0 atom stereocenters. The van der Waals surface area contributed by atoms with Crippen molar-refractivity contribution in [2.45, 2.75) is 26.3 Å². The lowest BCUT2D eigenvalue weighted by atomic mass is 10.1. The van der Waals surface area contributed by atoms with E-state index in [1.165, 1.54) is 0 Å². The van der Waals surface area contributed by atoms with Crippen LogP contribution < -0.4 is 10.6 Å². The summed E-state index contributed by atoms with van der Waals surface area (Å²) in [7, 11) is 1.90. The zero-order chi connectivity index (χ0) is 18.5. The summed E-state index contributed by atoms with van der Waals surface area (Å²) in [5, 5.41) is 11.3. The van der Waals surface area contributed by atoms with Crippen LogP contribution in [0.1, 0.15) is 36.7 Å². The van der Waals surface area contributed by atoms with Gasteiger partial charge in [0.1, 0.15) is 0 Å². The highest BCUT2D eigenvalue weighted by Gasteiger charge is 2.18. The Hall–Kier alpha value is -2.73. The lowest BCUT2D eigenvalue weighted by Crippen LogP contribution is -2.26. The molecule has 0 radical (unpaired) electrons. The Bertz CT molecular complexity index is 886. The minimum Gasteiger partial charge on any atom is -0.352 e. The van der Waals surface area contributed by atoms with E-state index >= 15 is 0 Å². The van der Waals surface area contributed by atoms with Gasteiger partial charge in [-0.3, -0.25) is 4.79 Å². The first-order chi connectivity index (χ1) is 12.6. The molecule has 0 bridgehead atoms. The molecule has 1 amide bonds. The van der Waals surface area contributed by atoms with Gasteiger partial charge in [-0.25, -0.2) is 9.67 Å². The van der Waals surface area contributed by atoms with Crippen molar-refractivity contribution < 1.29 is 4.79 Å². The molecular weight excluding hydrogens is 326 g/mol. The molecule has 0 aliphatic carbocycles. The molecule has 0 saturated heterocycles. The lowest BCUT2D eigenvalue weighted by Gasteiger charge is -2.11. The van der Waals surface area contributed by atoms with Crippen molar-refractivity contribution >= 4 is 16.9 Å². The molecule has 0 fully saturated rings. The Kier molecular flexibility index (Phi) is 5.63. The highest BCUT2D eigenvalue weighted by molar-refractivity contribution is 6.06. The fourth-order valence-corrected chi connectivity index (χ4v) is 2.90. The van der Waals surface area contributed by atoms with Crippen molar-refractivity contribution in [1.29, 1.82) is 0 Å². The fraction of sp³-hybridized carbons (Fsp3) is 0.350. The van der Waals surface area contributed by atoms with E-state index in [9.17, 15) is 4.79 Å². The molecule has 3 rings (SSSR count). The second-order valence-electron chi connectivity index (χ2n) is 6.55. The molecular formula is C20H25N5O. The van der Waals surface area contributed by atoms with Gasteiger partial charge in [0.2, 0.25) is 0 Å². The summed E-state index contributed by atoms with van der Waals surface area (Å²) in [6.45, 7) is 5.61. The predicted octanol–water partition coefficient (Wildman–Crippen LogP) is 3.02. The lowest BCUT2D eigenvalue weighted by molar-refractivity contribution is 0.0955. The number of carbonyl (C=O) groups excluding carboxylic acids is 1. The first-order valence-electron chi connectivity index (χ1n) is 8.98. The van der Waals surface area contributed by atoms with Gasteiger partial charge in [-0.1, -0.05) is 30.3 Å². The molecule has 6 heteroatoms. The first kappa shape index (κ1) is 18.1. The van der Waals surface area contributed by atoms with Gasteiger partial charge in [0.25, 0.3) is 5.91 Å². The number of fused-ring (bicyclic) bond motifs is 1. The molecule has 0 aliphatic heterocycles. The van der Waals surface area contributed by atoms with Crippen molar-refractivity contribution in [2.75, 3.05) is 20.1 Å². The SMILES string of the molecule is CNCCCNC(=O)c1cc(-c2ccccc2)nc2c1cnn2C(C)C. The van der Waals surface area contributed by atoms with Crippen LogP contribution >= 0.6 is 0 Å². The molecule has 0 aliphatic rings. The van der Waals surface area contributed by atoms with E-state index in [1.54, 1.807) is 6.20 Å². The largest absolute Gasteiger partial charge is 0.352 e. The van der Waals surface area contributed by atoms with Gasteiger partial charge in [0.15, 0.2) is 5.65 Å². The van der Waals surface area contributed by atoms with Gasteiger partial charge in [-0.05, 0) is 39.9 Å². The maximum Gasteiger partial charge on any atom is 0.252 e. The quantitative estimate of drug-likeness (QED) is 0.642. The Morgan fingerprint density at radius 1 is 1.19 bits per heavy atom. The maximum atomic E-state index is 12.8. The van der Waals surface area contributed by atoms with Crippen molar-refractivity contribution in [1.82, 2.24) is 25.4 Å². The number of amides is 1. The molecule has 0 spiro atoms. The topological polar surface area (TPSA) is 71.8 Å². The summed E-state index contributed by atoms with van der Waals surface area (Å²) >= 11 is 0. The van der Waals surface area contributed by atoms with Gasteiger partial charge >= 0.3 is 0 Å². The van der Waals surface area contributed by atoms with E-state index in [-0.39, 0.29) is 11.9 Å². The maximum absolute atomic E-state index is 12.8. The van der Waals surface area contributed by atoms with Crippen LogP contribution in [0.5, 0.6) is 0 Å². The molecule has 2 heterocycles.